The fourth-order valence-corrected chi connectivity index (χ4v) is 1.56. The molecule has 2 aromatic rings. The van der Waals surface area contributed by atoms with Crippen molar-refractivity contribution in [1.29, 1.82) is 0 Å². The highest BCUT2D eigenvalue weighted by molar-refractivity contribution is 5.83. The van der Waals surface area contributed by atoms with E-state index in [9.17, 15) is 4.39 Å². The molecule has 4 N–H and O–H groups in total. The van der Waals surface area contributed by atoms with Crippen molar-refractivity contribution in [3.8, 4) is 0 Å². The summed E-state index contributed by atoms with van der Waals surface area (Å²) in [6, 6.07) is 4.73. The predicted octanol–water partition coefficient (Wildman–Crippen LogP) is 1.13. The van der Waals surface area contributed by atoms with Gasteiger partial charge in [0.05, 0.1) is 0 Å². The Morgan fingerprint density at radius 1 is 1.44 bits per heavy atom. The van der Waals surface area contributed by atoms with Gasteiger partial charge < -0.3 is 9.78 Å². The van der Waals surface area contributed by atoms with Crippen molar-refractivity contribution in [3.63, 3.8) is 0 Å². The van der Waals surface area contributed by atoms with Crippen molar-refractivity contribution >= 4 is 17.7 Å². The van der Waals surface area contributed by atoms with Crippen molar-refractivity contribution in [3.05, 3.63) is 35.8 Å². The van der Waals surface area contributed by atoms with Gasteiger partial charge in [-0.1, -0.05) is 0 Å². The van der Waals surface area contributed by atoms with E-state index in [4.69, 9.17) is 10.6 Å². The van der Waals surface area contributed by atoms with Crippen LogP contribution in [0, 0.1) is 5.82 Å². The maximum absolute atomic E-state index is 13.0. The van der Waals surface area contributed by atoms with Crippen LogP contribution >= 0.6 is 0 Å². The van der Waals surface area contributed by atoms with Crippen LogP contribution in [0.5, 0.6) is 0 Å². The summed E-state index contributed by atoms with van der Waals surface area (Å²) in [4.78, 5) is 11.1. The van der Waals surface area contributed by atoms with Gasteiger partial charge in [0, 0.05) is 23.6 Å². The number of carbonyl (C=O) groups excluding carboxylic acids is 1. The Hall–Kier alpha value is -1.72. The van der Waals surface area contributed by atoms with Crippen molar-refractivity contribution < 1.29 is 9.18 Å². The maximum atomic E-state index is 13.0. The van der Waals surface area contributed by atoms with Crippen molar-refractivity contribution in [1.82, 2.24) is 10.4 Å². The first-order chi connectivity index (χ1) is 7.81. The molecule has 16 heavy (non-hydrogen) atoms. The molecule has 0 spiro atoms. The number of hydrogen-bond acceptors (Lipinski definition) is 3. The van der Waals surface area contributed by atoms with Crippen LogP contribution in [0.25, 0.3) is 10.9 Å². The van der Waals surface area contributed by atoms with Crippen LogP contribution in [-0.4, -0.2) is 18.3 Å². The minimum absolute atomic E-state index is 0.209. The average Bonchev–Trinajstić information content (AvgIpc) is 2.71. The normalized spacial score (nSPS) is 9.88. The second kappa shape index (κ2) is 5.99. The quantitative estimate of drug-likeness (QED) is 0.539. The minimum Gasteiger partial charge on any atom is -0.361 e. The van der Waals surface area contributed by atoms with Crippen LogP contribution in [0.15, 0.2) is 24.4 Å². The van der Waals surface area contributed by atoms with Crippen LogP contribution < -0.4 is 11.3 Å². The molecule has 0 aliphatic carbocycles. The Balaban J connectivity index is 0.000000606. The lowest BCUT2D eigenvalue weighted by Gasteiger charge is -1.98. The molecule has 0 fully saturated rings. The van der Waals surface area contributed by atoms with E-state index in [1.165, 1.54) is 12.1 Å². The highest BCUT2D eigenvalue weighted by Gasteiger charge is 2.03. The molecule has 0 aliphatic heterocycles. The number of H-pyrrole nitrogens is 1. The lowest BCUT2D eigenvalue weighted by atomic mass is 10.1. The largest absolute Gasteiger partial charge is 0.361 e. The standard InChI is InChI=1S/C10H12FN3.CH2O/c11-8-1-2-10-9(5-8)7(6-13-10)3-4-14-12;1-2/h1-2,5-6,13-14H,3-4,12H2;1H2. The highest BCUT2D eigenvalue weighted by atomic mass is 19.1. The third-order valence-electron chi connectivity index (χ3n) is 2.27. The Morgan fingerprint density at radius 3 is 2.88 bits per heavy atom. The molecule has 0 atom stereocenters. The molecule has 4 nitrogen and oxygen atoms in total. The Bertz CT molecular complexity index is 455. The number of hydrazine groups is 1. The van der Waals surface area contributed by atoms with E-state index in [0.29, 0.717) is 6.54 Å². The molecule has 0 unspecified atom stereocenters. The number of fused-ring (bicyclic) bond motifs is 1. The zero-order valence-electron chi connectivity index (χ0n) is 8.79. The molecule has 1 heterocycles. The average molecular weight is 223 g/mol. The van der Waals surface area contributed by atoms with Gasteiger partial charge in [0.1, 0.15) is 12.6 Å². The topological polar surface area (TPSA) is 70.9 Å². The summed E-state index contributed by atoms with van der Waals surface area (Å²) in [5, 5.41) is 0.931. The van der Waals surface area contributed by atoms with E-state index in [1.54, 1.807) is 6.07 Å². The van der Waals surface area contributed by atoms with E-state index < -0.39 is 0 Å². The number of rotatable bonds is 3. The summed E-state index contributed by atoms with van der Waals surface area (Å²) >= 11 is 0. The van der Waals surface area contributed by atoms with E-state index in [2.05, 4.69) is 10.4 Å². The van der Waals surface area contributed by atoms with E-state index in [0.717, 1.165) is 22.9 Å². The molecular formula is C11H14FN3O. The first-order valence-electron chi connectivity index (χ1n) is 4.79. The van der Waals surface area contributed by atoms with Gasteiger partial charge >= 0.3 is 0 Å². The molecule has 0 radical (unpaired) electrons. The number of nitrogens with two attached hydrogens (primary N) is 1. The van der Waals surface area contributed by atoms with Gasteiger partial charge in [0.2, 0.25) is 0 Å². The minimum atomic E-state index is -0.209. The Kier molecular flexibility index (Phi) is 4.63. The van der Waals surface area contributed by atoms with Crippen molar-refractivity contribution in [2.24, 2.45) is 5.84 Å². The number of halogens is 1. The second-order valence-electron chi connectivity index (χ2n) is 3.21. The molecule has 2 rings (SSSR count). The smallest absolute Gasteiger partial charge is 0.123 e. The fraction of sp³-hybridized carbons (Fsp3) is 0.182. The zero-order chi connectivity index (χ0) is 12.0. The Morgan fingerprint density at radius 2 is 2.19 bits per heavy atom. The van der Waals surface area contributed by atoms with Gasteiger partial charge in [-0.2, -0.15) is 0 Å². The molecular weight excluding hydrogens is 209 g/mol. The fourth-order valence-electron chi connectivity index (χ4n) is 1.56. The summed E-state index contributed by atoms with van der Waals surface area (Å²) in [6.45, 7) is 2.68. The van der Waals surface area contributed by atoms with Crippen molar-refractivity contribution in [2.75, 3.05) is 6.54 Å². The van der Waals surface area contributed by atoms with Gasteiger partial charge in [0.15, 0.2) is 0 Å². The van der Waals surface area contributed by atoms with E-state index in [1.807, 2.05) is 13.0 Å². The SMILES string of the molecule is C=O.NNCCc1c[nH]c2ccc(F)cc12. The van der Waals surface area contributed by atoms with Crippen LogP contribution in [0.3, 0.4) is 0 Å². The number of benzene rings is 1. The molecule has 1 aromatic heterocycles. The summed E-state index contributed by atoms with van der Waals surface area (Å²) in [7, 11) is 0. The lowest BCUT2D eigenvalue weighted by molar-refractivity contribution is -0.0979. The maximum Gasteiger partial charge on any atom is 0.123 e. The van der Waals surface area contributed by atoms with Crippen LogP contribution in [0.2, 0.25) is 0 Å². The van der Waals surface area contributed by atoms with Gasteiger partial charge in [-0.05, 0) is 30.2 Å². The number of carbonyl (C=O) groups is 1. The molecule has 0 bridgehead atoms. The Labute approximate surface area is 92.6 Å². The number of aromatic nitrogens is 1. The molecule has 86 valence electrons. The van der Waals surface area contributed by atoms with E-state index in [-0.39, 0.29) is 5.82 Å². The predicted molar refractivity (Wildman–Crippen MR) is 61.3 cm³/mol. The van der Waals surface area contributed by atoms with Gasteiger partial charge in [0.25, 0.3) is 0 Å². The summed E-state index contributed by atoms with van der Waals surface area (Å²) in [6.07, 6.45) is 2.68. The summed E-state index contributed by atoms with van der Waals surface area (Å²) in [5.41, 5.74) is 4.62. The highest BCUT2D eigenvalue weighted by Crippen LogP contribution is 2.19. The first-order valence-corrected chi connectivity index (χ1v) is 4.79. The number of hydrogen-bond donors (Lipinski definition) is 3. The van der Waals surface area contributed by atoms with Gasteiger partial charge in [-0.15, -0.1) is 0 Å². The second-order valence-corrected chi connectivity index (χ2v) is 3.21. The molecule has 5 heteroatoms. The summed E-state index contributed by atoms with van der Waals surface area (Å²) < 4.78 is 13.0. The van der Waals surface area contributed by atoms with Gasteiger partial charge in [-0.3, -0.25) is 11.3 Å². The molecule has 0 saturated carbocycles. The third kappa shape index (κ3) is 2.65. The number of aromatic amines is 1. The number of nitrogens with one attached hydrogen (secondary N) is 2. The molecule has 0 amide bonds. The van der Waals surface area contributed by atoms with E-state index >= 15 is 0 Å². The first kappa shape index (κ1) is 12.4. The molecule has 0 saturated heterocycles. The lowest BCUT2D eigenvalue weighted by Crippen LogP contribution is -2.24. The van der Waals surface area contributed by atoms with Crippen LogP contribution in [0.1, 0.15) is 5.56 Å². The van der Waals surface area contributed by atoms with Gasteiger partial charge in [-0.25, -0.2) is 4.39 Å². The van der Waals surface area contributed by atoms with Crippen LogP contribution in [-0.2, 0) is 11.2 Å². The summed E-state index contributed by atoms with van der Waals surface area (Å²) in [5.74, 6) is 4.98. The third-order valence-corrected chi connectivity index (χ3v) is 2.27. The molecule has 1 aromatic carbocycles. The van der Waals surface area contributed by atoms with Crippen LogP contribution in [0.4, 0.5) is 4.39 Å². The van der Waals surface area contributed by atoms with Crippen molar-refractivity contribution in [2.45, 2.75) is 6.42 Å². The molecule has 0 aliphatic rings. The zero-order valence-corrected chi connectivity index (χ0v) is 8.79. The monoisotopic (exact) mass is 223 g/mol.